The van der Waals surface area contributed by atoms with Crippen LogP contribution < -0.4 is 10.1 Å². The van der Waals surface area contributed by atoms with Crippen molar-refractivity contribution in [3.8, 4) is 5.88 Å². The minimum Gasteiger partial charge on any atom is -0.480 e. The fraction of sp³-hybridized carbons (Fsp3) is 0.312. The van der Waals surface area contributed by atoms with Crippen LogP contribution in [0, 0.1) is 0 Å². The maximum atomic E-state index is 12.2. The van der Waals surface area contributed by atoms with Crippen molar-refractivity contribution < 1.29 is 9.53 Å². The van der Waals surface area contributed by atoms with E-state index in [2.05, 4.69) is 15.3 Å². The van der Waals surface area contributed by atoms with Gasteiger partial charge in [-0.1, -0.05) is 29.3 Å². The molecule has 7 heteroatoms. The van der Waals surface area contributed by atoms with Gasteiger partial charge in [0.1, 0.15) is 5.69 Å². The number of carbonyl (C=O) groups excluding carboxylic acids is 1. The van der Waals surface area contributed by atoms with Crippen LogP contribution in [0.15, 0.2) is 30.6 Å². The number of nitrogens with one attached hydrogen (secondary N) is 1. The monoisotopic (exact) mass is 351 g/mol. The van der Waals surface area contributed by atoms with E-state index in [0.29, 0.717) is 21.8 Å². The number of halogens is 2. The third-order valence-corrected chi connectivity index (χ3v) is 4.68. The highest BCUT2D eigenvalue weighted by Gasteiger charge is 2.32. The molecule has 2 aromatic rings. The summed E-state index contributed by atoms with van der Waals surface area (Å²) in [5.74, 6) is 0.459. The maximum Gasteiger partial charge on any atom is 0.271 e. The number of nitrogens with zero attached hydrogens (tertiary/aromatic N) is 2. The minimum atomic E-state index is -0.242. The molecule has 0 bridgehead atoms. The Morgan fingerprint density at radius 1 is 1.26 bits per heavy atom. The van der Waals surface area contributed by atoms with Gasteiger partial charge in [-0.15, -0.1) is 0 Å². The van der Waals surface area contributed by atoms with Crippen LogP contribution in [0.5, 0.6) is 5.88 Å². The Balaban J connectivity index is 1.57. The first kappa shape index (κ1) is 16.0. The zero-order valence-electron chi connectivity index (χ0n) is 12.4. The predicted octanol–water partition coefficient (Wildman–Crippen LogP) is 3.47. The van der Waals surface area contributed by atoms with Gasteiger partial charge < -0.3 is 10.1 Å². The van der Waals surface area contributed by atoms with Crippen LogP contribution in [0.2, 0.25) is 10.0 Å². The molecule has 0 unspecified atom stereocenters. The van der Waals surface area contributed by atoms with Crippen LogP contribution in [0.25, 0.3) is 0 Å². The first-order valence-electron chi connectivity index (χ1n) is 7.18. The summed E-state index contributed by atoms with van der Waals surface area (Å²) in [6, 6.07) is 5.79. The molecule has 23 heavy (non-hydrogen) atoms. The molecule has 0 aliphatic heterocycles. The molecule has 120 valence electrons. The first-order chi connectivity index (χ1) is 11.1. The van der Waals surface area contributed by atoms with Gasteiger partial charge in [-0.2, -0.15) is 0 Å². The Morgan fingerprint density at radius 3 is 2.74 bits per heavy atom. The summed E-state index contributed by atoms with van der Waals surface area (Å²) in [6.45, 7) is 0. The molecule has 1 fully saturated rings. The standard InChI is InChI=1S/C16H15Cl2N3O2/c1-23-15-8-19-7-14(21-15)16(22)20-11-4-10(5-11)9-2-3-12(17)13(18)6-9/h2-3,6-8,10-11H,4-5H2,1H3,(H,20,22). The predicted molar refractivity (Wildman–Crippen MR) is 88.3 cm³/mol. The van der Waals surface area contributed by atoms with Crippen LogP contribution in [0.1, 0.15) is 34.8 Å². The second-order valence-electron chi connectivity index (χ2n) is 5.46. The summed E-state index contributed by atoms with van der Waals surface area (Å²) in [5, 5.41) is 4.06. The Bertz CT molecular complexity index is 733. The second kappa shape index (κ2) is 6.72. The number of carbonyl (C=O) groups is 1. The molecule has 1 saturated carbocycles. The quantitative estimate of drug-likeness (QED) is 0.915. The number of aromatic nitrogens is 2. The molecule has 0 radical (unpaired) electrons. The van der Waals surface area contributed by atoms with Gasteiger partial charge >= 0.3 is 0 Å². The van der Waals surface area contributed by atoms with Gasteiger partial charge in [0.25, 0.3) is 5.91 Å². The fourth-order valence-corrected chi connectivity index (χ4v) is 2.90. The number of methoxy groups -OCH3 is 1. The molecule has 0 spiro atoms. The molecule has 1 aromatic heterocycles. The van der Waals surface area contributed by atoms with Gasteiger partial charge in [-0.3, -0.25) is 9.78 Å². The van der Waals surface area contributed by atoms with Gasteiger partial charge in [0.2, 0.25) is 5.88 Å². The first-order valence-corrected chi connectivity index (χ1v) is 7.94. The van der Waals surface area contributed by atoms with E-state index in [9.17, 15) is 4.79 Å². The molecule has 1 aliphatic carbocycles. The molecule has 1 amide bonds. The van der Waals surface area contributed by atoms with Crippen LogP contribution in [-0.4, -0.2) is 29.0 Å². The molecule has 0 saturated heterocycles. The van der Waals surface area contributed by atoms with Crippen LogP contribution in [0.4, 0.5) is 0 Å². The van der Waals surface area contributed by atoms with E-state index in [1.807, 2.05) is 12.1 Å². The van der Waals surface area contributed by atoms with Crippen LogP contribution in [0.3, 0.4) is 0 Å². The van der Waals surface area contributed by atoms with E-state index < -0.39 is 0 Å². The van der Waals surface area contributed by atoms with Crippen molar-refractivity contribution in [2.45, 2.75) is 24.8 Å². The molecule has 1 aromatic carbocycles. The van der Waals surface area contributed by atoms with E-state index in [1.54, 1.807) is 6.07 Å². The average molecular weight is 352 g/mol. The molecule has 3 rings (SSSR count). The van der Waals surface area contributed by atoms with Gasteiger partial charge in [-0.05, 0) is 36.5 Å². The van der Waals surface area contributed by atoms with E-state index in [-0.39, 0.29) is 17.6 Å². The lowest BCUT2D eigenvalue weighted by molar-refractivity contribution is 0.0902. The van der Waals surface area contributed by atoms with Crippen molar-refractivity contribution in [3.63, 3.8) is 0 Å². The van der Waals surface area contributed by atoms with Gasteiger partial charge in [-0.25, -0.2) is 4.98 Å². The zero-order chi connectivity index (χ0) is 16.4. The number of ether oxygens (including phenoxy) is 1. The molecular formula is C16H15Cl2N3O2. The van der Waals surface area contributed by atoms with Crippen molar-refractivity contribution in [1.29, 1.82) is 0 Å². The lowest BCUT2D eigenvalue weighted by atomic mass is 9.76. The number of rotatable bonds is 4. The highest BCUT2D eigenvalue weighted by molar-refractivity contribution is 6.42. The second-order valence-corrected chi connectivity index (χ2v) is 6.27. The van der Waals surface area contributed by atoms with Crippen LogP contribution >= 0.6 is 23.2 Å². The molecule has 1 aliphatic rings. The van der Waals surface area contributed by atoms with Gasteiger partial charge in [0.05, 0.1) is 29.5 Å². The highest BCUT2D eigenvalue weighted by Crippen LogP contribution is 2.39. The van der Waals surface area contributed by atoms with E-state index >= 15 is 0 Å². The van der Waals surface area contributed by atoms with E-state index in [0.717, 1.165) is 18.4 Å². The van der Waals surface area contributed by atoms with E-state index in [1.165, 1.54) is 19.5 Å². The third-order valence-electron chi connectivity index (χ3n) is 3.94. The normalized spacial score (nSPS) is 19.8. The summed E-state index contributed by atoms with van der Waals surface area (Å²) in [7, 11) is 1.49. The SMILES string of the molecule is COc1cncc(C(=O)NC2CC(c3ccc(Cl)c(Cl)c3)C2)n1. The smallest absolute Gasteiger partial charge is 0.271 e. The number of hydrogen-bond acceptors (Lipinski definition) is 4. The molecule has 0 atom stereocenters. The summed E-state index contributed by atoms with van der Waals surface area (Å²) >= 11 is 12.0. The summed E-state index contributed by atoms with van der Waals surface area (Å²) in [4.78, 5) is 20.2. The van der Waals surface area contributed by atoms with Gasteiger partial charge in [0, 0.05) is 6.04 Å². The van der Waals surface area contributed by atoms with Crippen molar-refractivity contribution in [1.82, 2.24) is 15.3 Å². The fourth-order valence-electron chi connectivity index (χ4n) is 2.59. The van der Waals surface area contributed by atoms with Crippen LogP contribution in [-0.2, 0) is 0 Å². The van der Waals surface area contributed by atoms with Crippen molar-refractivity contribution in [2.75, 3.05) is 7.11 Å². The molecular weight excluding hydrogens is 337 g/mol. The highest BCUT2D eigenvalue weighted by atomic mass is 35.5. The van der Waals surface area contributed by atoms with Crippen molar-refractivity contribution >= 4 is 29.1 Å². The minimum absolute atomic E-state index is 0.120. The van der Waals surface area contributed by atoms with Gasteiger partial charge in [0.15, 0.2) is 0 Å². The number of benzene rings is 1. The summed E-state index contributed by atoms with van der Waals surface area (Å²) in [5.41, 5.74) is 1.40. The molecule has 1 N–H and O–H groups in total. The topological polar surface area (TPSA) is 64.1 Å². The van der Waals surface area contributed by atoms with Crippen molar-refractivity contribution in [3.05, 3.63) is 51.9 Å². The van der Waals surface area contributed by atoms with E-state index in [4.69, 9.17) is 27.9 Å². The zero-order valence-corrected chi connectivity index (χ0v) is 13.9. The summed E-state index contributed by atoms with van der Waals surface area (Å²) < 4.78 is 4.97. The lowest BCUT2D eigenvalue weighted by Gasteiger charge is -2.36. The Morgan fingerprint density at radius 2 is 2.04 bits per heavy atom. The Labute approximate surface area is 144 Å². The maximum absolute atomic E-state index is 12.2. The number of hydrogen-bond donors (Lipinski definition) is 1. The molecule has 5 nitrogen and oxygen atoms in total. The van der Waals surface area contributed by atoms with Crippen molar-refractivity contribution in [2.24, 2.45) is 0 Å². The molecule has 1 heterocycles. The summed E-state index contributed by atoms with van der Waals surface area (Å²) in [6.07, 6.45) is 4.61. The third kappa shape index (κ3) is 3.57. The Kier molecular flexibility index (Phi) is 4.68. The number of amides is 1. The average Bonchev–Trinajstić information content (AvgIpc) is 2.53. The Hall–Kier alpha value is -1.85. The largest absolute Gasteiger partial charge is 0.480 e. The lowest BCUT2D eigenvalue weighted by Crippen LogP contribution is -2.43.